The van der Waals surface area contributed by atoms with Gasteiger partial charge in [-0.1, -0.05) is 11.3 Å². The van der Waals surface area contributed by atoms with Crippen molar-refractivity contribution in [2.75, 3.05) is 0 Å². The number of nitrogens with zero attached hydrogens (tertiary/aromatic N) is 1. The molecule has 2 heterocycles. The van der Waals surface area contributed by atoms with Crippen LogP contribution in [0.4, 0.5) is 0 Å². The van der Waals surface area contributed by atoms with Gasteiger partial charge in [0.15, 0.2) is 4.21 Å². The van der Waals surface area contributed by atoms with Gasteiger partial charge in [0.2, 0.25) is 0 Å². The van der Waals surface area contributed by atoms with Crippen LogP contribution in [0.25, 0.3) is 0 Å². The lowest BCUT2D eigenvalue weighted by Crippen LogP contribution is -2.23. The molecule has 0 aliphatic carbocycles. The number of nitrogens with one attached hydrogen (secondary N) is 3. The number of hydrogen-bond acceptors (Lipinski definition) is 5. The fourth-order valence-electron chi connectivity index (χ4n) is 1.27. The molecule has 9 heteroatoms. The Balaban J connectivity index is 2.20. The Morgan fingerprint density at radius 2 is 2.29 bits per heavy atom. The van der Waals surface area contributed by atoms with Crippen LogP contribution in [-0.4, -0.2) is 23.4 Å². The first-order valence-electron chi connectivity index (χ1n) is 4.65. The first-order chi connectivity index (χ1) is 7.99. The van der Waals surface area contributed by atoms with E-state index in [2.05, 4.69) is 19.7 Å². The Bertz CT molecular complexity index is 653. The van der Waals surface area contributed by atoms with E-state index in [9.17, 15) is 13.2 Å². The molecule has 0 fully saturated rings. The lowest BCUT2D eigenvalue weighted by atomic mass is 10.5. The van der Waals surface area contributed by atoms with Gasteiger partial charge in [-0.3, -0.25) is 4.79 Å². The number of aromatic amines is 2. The van der Waals surface area contributed by atoms with Crippen molar-refractivity contribution in [1.29, 1.82) is 0 Å². The molecule has 92 valence electrons. The van der Waals surface area contributed by atoms with Crippen molar-refractivity contribution in [2.45, 2.75) is 17.7 Å². The topological polar surface area (TPSA) is 108 Å². The normalized spacial score (nSPS) is 11.8. The largest absolute Gasteiger partial charge is 0.347 e. The Morgan fingerprint density at radius 1 is 1.53 bits per heavy atom. The Kier molecular flexibility index (Phi) is 3.13. The molecule has 0 saturated carbocycles. The fraction of sp³-hybridized carbons (Fsp3) is 0.250. The Hall–Kier alpha value is -1.45. The third kappa shape index (κ3) is 2.62. The zero-order valence-corrected chi connectivity index (χ0v) is 10.5. The second kappa shape index (κ2) is 4.43. The minimum Gasteiger partial charge on any atom is -0.347 e. The molecule has 0 radical (unpaired) electrons. The van der Waals surface area contributed by atoms with Gasteiger partial charge in [0.05, 0.1) is 12.9 Å². The van der Waals surface area contributed by atoms with Crippen LogP contribution in [0.5, 0.6) is 0 Å². The minimum atomic E-state index is -3.66. The standard InChI is InChI=1S/C8H10N4O3S2/c1-5-7(16-8(13)12-5)17(14,15)11-3-6-2-9-4-10-6/h2,4,11H,3H2,1H3,(H,9,10)(H,12,13). The van der Waals surface area contributed by atoms with Crippen molar-refractivity contribution in [2.24, 2.45) is 0 Å². The number of sulfonamides is 1. The molecule has 3 N–H and O–H groups in total. The molecule has 0 saturated heterocycles. The van der Waals surface area contributed by atoms with Crippen LogP contribution in [0.3, 0.4) is 0 Å². The number of H-pyrrole nitrogens is 2. The third-order valence-electron chi connectivity index (χ3n) is 2.03. The van der Waals surface area contributed by atoms with E-state index in [1.807, 2.05) is 0 Å². The first-order valence-corrected chi connectivity index (χ1v) is 6.95. The minimum absolute atomic E-state index is 0.0158. The molecule has 0 aliphatic heterocycles. The average molecular weight is 274 g/mol. The number of imidazole rings is 1. The van der Waals surface area contributed by atoms with Crippen molar-refractivity contribution in [1.82, 2.24) is 19.7 Å². The smallest absolute Gasteiger partial charge is 0.305 e. The summed E-state index contributed by atoms with van der Waals surface area (Å²) in [5, 5.41) is 0. The number of thiazole rings is 1. The van der Waals surface area contributed by atoms with Crippen molar-refractivity contribution in [3.05, 3.63) is 33.6 Å². The maximum atomic E-state index is 11.9. The molecule has 0 amide bonds. The van der Waals surface area contributed by atoms with Crippen molar-refractivity contribution >= 4 is 21.4 Å². The van der Waals surface area contributed by atoms with Crippen molar-refractivity contribution in [3.63, 3.8) is 0 Å². The number of hydrogen-bond donors (Lipinski definition) is 3. The van der Waals surface area contributed by atoms with E-state index in [4.69, 9.17) is 0 Å². The summed E-state index contributed by atoms with van der Waals surface area (Å²) in [6, 6.07) is 0. The van der Waals surface area contributed by atoms with Crippen LogP contribution in [-0.2, 0) is 16.6 Å². The van der Waals surface area contributed by atoms with Gasteiger partial charge in [0.25, 0.3) is 10.0 Å². The maximum Gasteiger partial charge on any atom is 0.305 e. The molecule has 0 aliphatic rings. The Morgan fingerprint density at radius 3 is 2.82 bits per heavy atom. The average Bonchev–Trinajstić information content (AvgIpc) is 2.85. The van der Waals surface area contributed by atoms with Crippen LogP contribution in [0.2, 0.25) is 0 Å². The summed E-state index contributed by atoms with van der Waals surface area (Å²) in [6.07, 6.45) is 2.98. The quantitative estimate of drug-likeness (QED) is 0.726. The van der Waals surface area contributed by atoms with Crippen LogP contribution in [0.15, 0.2) is 21.5 Å². The number of rotatable bonds is 4. The van der Waals surface area contributed by atoms with Crippen molar-refractivity contribution in [3.8, 4) is 0 Å². The third-order valence-corrected chi connectivity index (χ3v) is 5.04. The highest BCUT2D eigenvalue weighted by molar-refractivity contribution is 7.91. The van der Waals surface area contributed by atoms with E-state index in [0.29, 0.717) is 22.7 Å². The summed E-state index contributed by atoms with van der Waals surface area (Å²) in [5.74, 6) is 0. The lowest BCUT2D eigenvalue weighted by molar-refractivity contribution is 0.582. The Labute approximate surface area is 101 Å². The molecule has 2 aromatic rings. The zero-order chi connectivity index (χ0) is 12.5. The van der Waals surface area contributed by atoms with E-state index in [1.165, 1.54) is 12.5 Å². The van der Waals surface area contributed by atoms with Gasteiger partial charge in [-0.15, -0.1) is 0 Å². The van der Waals surface area contributed by atoms with Crippen LogP contribution >= 0.6 is 11.3 Å². The monoisotopic (exact) mass is 274 g/mol. The summed E-state index contributed by atoms with van der Waals surface area (Å²) in [5.41, 5.74) is 0.992. The van der Waals surface area contributed by atoms with Crippen LogP contribution < -0.4 is 9.60 Å². The van der Waals surface area contributed by atoms with Crippen molar-refractivity contribution < 1.29 is 8.42 Å². The predicted molar refractivity (Wildman–Crippen MR) is 62.3 cm³/mol. The molecule has 2 rings (SSSR count). The highest BCUT2D eigenvalue weighted by Crippen LogP contribution is 2.15. The fourth-order valence-corrected chi connectivity index (χ4v) is 3.62. The van der Waals surface area contributed by atoms with E-state index < -0.39 is 10.0 Å². The van der Waals surface area contributed by atoms with E-state index in [-0.39, 0.29) is 15.6 Å². The van der Waals surface area contributed by atoms with Gasteiger partial charge < -0.3 is 9.97 Å². The van der Waals surface area contributed by atoms with E-state index in [0.717, 1.165) is 0 Å². The molecule has 0 unspecified atom stereocenters. The SMILES string of the molecule is Cc1[nH]c(=O)sc1S(=O)(=O)NCc1cnc[nH]1. The second-order valence-electron chi connectivity index (χ2n) is 3.33. The molecular formula is C8H10N4O3S2. The summed E-state index contributed by atoms with van der Waals surface area (Å²) >= 11 is 0.671. The molecule has 0 bridgehead atoms. The molecule has 7 nitrogen and oxygen atoms in total. The molecule has 17 heavy (non-hydrogen) atoms. The number of aromatic nitrogens is 3. The highest BCUT2D eigenvalue weighted by Gasteiger charge is 2.20. The summed E-state index contributed by atoms with van der Waals surface area (Å²) in [4.78, 5) is 19.6. The summed E-state index contributed by atoms with van der Waals surface area (Å²) in [6.45, 7) is 1.65. The second-order valence-corrected chi connectivity index (χ2v) is 6.27. The zero-order valence-electron chi connectivity index (χ0n) is 8.85. The molecule has 0 aromatic carbocycles. The van der Waals surface area contributed by atoms with Gasteiger partial charge in [0, 0.05) is 17.6 Å². The van der Waals surface area contributed by atoms with Gasteiger partial charge in [-0.2, -0.15) is 0 Å². The van der Waals surface area contributed by atoms with Crippen LogP contribution in [0.1, 0.15) is 11.4 Å². The van der Waals surface area contributed by atoms with E-state index in [1.54, 1.807) is 6.92 Å². The molecule has 0 atom stereocenters. The summed E-state index contributed by atoms with van der Waals surface area (Å²) in [7, 11) is -3.66. The van der Waals surface area contributed by atoms with Gasteiger partial charge >= 0.3 is 4.87 Å². The van der Waals surface area contributed by atoms with Gasteiger partial charge in [-0.05, 0) is 6.92 Å². The van der Waals surface area contributed by atoms with Gasteiger partial charge in [0.1, 0.15) is 0 Å². The lowest BCUT2D eigenvalue weighted by Gasteiger charge is -2.03. The number of aryl methyl sites for hydroxylation is 1. The predicted octanol–water partition coefficient (Wildman–Crippen LogP) is -0.0536. The van der Waals surface area contributed by atoms with Crippen LogP contribution in [0, 0.1) is 6.92 Å². The van der Waals surface area contributed by atoms with E-state index >= 15 is 0 Å². The van der Waals surface area contributed by atoms with Gasteiger partial charge in [-0.25, -0.2) is 18.1 Å². The highest BCUT2D eigenvalue weighted by atomic mass is 32.2. The summed E-state index contributed by atoms with van der Waals surface area (Å²) < 4.78 is 26.1. The molecular weight excluding hydrogens is 264 g/mol. The first kappa shape index (κ1) is 12.0. The molecule has 0 spiro atoms. The molecule has 2 aromatic heterocycles. The maximum absolute atomic E-state index is 11.9.